The van der Waals surface area contributed by atoms with E-state index >= 15 is 0 Å². The topological polar surface area (TPSA) is 76.9 Å². The van der Waals surface area contributed by atoms with Crippen LogP contribution in [0, 0.1) is 11.6 Å². The van der Waals surface area contributed by atoms with E-state index in [4.69, 9.17) is 0 Å². The van der Waals surface area contributed by atoms with Crippen molar-refractivity contribution in [2.45, 2.75) is 26.3 Å². The number of aromatic nitrogens is 3. The minimum atomic E-state index is -1.00. The Morgan fingerprint density at radius 1 is 1.26 bits per heavy atom. The van der Waals surface area contributed by atoms with Crippen LogP contribution in [0.3, 0.4) is 0 Å². The van der Waals surface area contributed by atoms with E-state index in [2.05, 4.69) is 31.3 Å². The van der Waals surface area contributed by atoms with E-state index in [1.165, 1.54) is 0 Å². The number of benzene rings is 1. The Hall–Kier alpha value is -2.68. The smallest absolute Gasteiger partial charge is 0.275 e. The number of nitrogens with zero attached hydrogens (tertiary/aromatic N) is 3. The van der Waals surface area contributed by atoms with E-state index in [1.807, 2.05) is 13.8 Å². The highest BCUT2D eigenvalue weighted by molar-refractivity contribution is 9.10. The van der Waals surface area contributed by atoms with Crippen LogP contribution < -0.4 is 10.9 Å². The van der Waals surface area contributed by atoms with Crippen molar-refractivity contribution < 1.29 is 13.6 Å². The Morgan fingerprint density at radius 3 is 2.67 bits per heavy atom. The van der Waals surface area contributed by atoms with Crippen LogP contribution in [0.2, 0.25) is 0 Å². The van der Waals surface area contributed by atoms with Gasteiger partial charge in [0.05, 0.1) is 17.3 Å². The average molecular weight is 437 g/mol. The number of hydrogen-bond donors (Lipinski definition) is 1. The molecule has 2 heterocycles. The maximum Gasteiger partial charge on any atom is 0.275 e. The zero-order valence-corrected chi connectivity index (χ0v) is 16.0. The number of amides is 1. The average Bonchev–Trinajstić information content (AvgIpc) is 2.59. The van der Waals surface area contributed by atoms with Crippen molar-refractivity contribution in [1.82, 2.24) is 14.8 Å². The third-order valence-electron chi connectivity index (χ3n) is 3.86. The Morgan fingerprint density at radius 2 is 2.00 bits per heavy atom. The van der Waals surface area contributed by atoms with Crippen LogP contribution >= 0.6 is 15.9 Å². The molecule has 3 aromatic rings. The summed E-state index contributed by atoms with van der Waals surface area (Å²) in [5.41, 5.74) is 0.217. The van der Waals surface area contributed by atoms with Crippen LogP contribution in [0.15, 0.2) is 39.7 Å². The Bertz CT molecular complexity index is 1100. The lowest BCUT2D eigenvalue weighted by Crippen LogP contribution is -2.31. The Kier molecular flexibility index (Phi) is 5.31. The van der Waals surface area contributed by atoms with Gasteiger partial charge in [0.1, 0.15) is 12.4 Å². The molecule has 0 aliphatic rings. The third kappa shape index (κ3) is 4.02. The lowest BCUT2D eigenvalue weighted by Gasteiger charge is -2.13. The lowest BCUT2D eigenvalue weighted by molar-refractivity contribution is -0.117. The molecule has 9 heteroatoms. The predicted molar refractivity (Wildman–Crippen MR) is 101 cm³/mol. The molecule has 0 bridgehead atoms. The summed E-state index contributed by atoms with van der Waals surface area (Å²) < 4.78 is 28.4. The summed E-state index contributed by atoms with van der Waals surface area (Å²) in [6.07, 6.45) is 0.786. The fraction of sp³-hybridized carbons (Fsp3) is 0.222. The Labute approximate surface area is 161 Å². The molecule has 0 saturated carbocycles. The van der Waals surface area contributed by atoms with Crippen molar-refractivity contribution in [2.24, 2.45) is 0 Å². The molecule has 0 saturated heterocycles. The second kappa shape index (κ2) is 7.51. The monoisotopic (exact) mass is 436 g/mol. The van der Waals surface area contributed by atoms with E-state index in [-0.39, 0.29) is 5.92 Å². The van der Waals surface area contributed by atoms with Crippen LogP contribution in [0.25, 0.3) is 10.8 Å². The number of pyridine rings is 1. The standard InChI is InChI=1S/C18H15BrF2N4O2/c1-9(2)16-13-5-10(19)3-4-12(13)18(27)25(24-16)8-15(26)23-17-14(21)6-11(20)7-22-17/h3-7,9H,8H2,1-2H3,(H,22,23,26). The first-order chi connectivity index (χ1) is 12.8. The Balaban J connectivity index is 1.97. The highest BCUT2D eigenvalue weighted by Gasteiger charge is 2.16. The summed E-state index contributed by atoms with van der Waals surface area (Å²) in [7, 11) is 0. The number of rotatable bonds is 4. The summed E-state index contributed by atoms with van der Waals surface area (Å²) in [6, 6.07) is 5.81. The first kappa shape index (κ1) is 19.1. The number of hydrogen-bond acceptors (Lipinski definition) is 4. The molecular formula is C18H15BrF2N4O2. The van der Waals surface area contributed by atoms with Gasteiger partial charge in [0, 0.05) is 15.9 Å². The zero-order valence-electron chi connectivity index (χ0n) is 14.5. The molecule has 0 atom stereocenters. The van der Waals surface area contributed by atoms with Crippen LogP contribution in [0.5, 0.6) is 0 Å². The molecule has 0 fully saturated rings. The number of anilines is 1. The van der Waals surface area contributed by atoms with Crippen LogP contribution in [-0.4, -0.2) is 20.7 Å². The molecule has 1 aromatic carbocycles. The summed E-state index contributed by atoms with van der Waals surface area (Å²) in [5.74, 6) is -2.97. The van der Waals surface area contributed by atoms with E-state index < -0.39 is 35.5 Å². The number of fused-ring (bicyclic) bond motifs is 1. The molecule has 0 radical (unpaired) electrons. The molecule has 27 heavy (non-hydrogen) atoms. The van der Waals surface area contributed by atoms with Crippen molar-refractivity contribution in [1.29, 1.82) is 0 Å². The molecule has 6 nitrogen and oxygen atoms in total. The summed E-state index contributed by atoms with van der Waals surface area (Å²) in [6.45, 7) is 3.42. The molecule has 0 spiro atoms. The second-order valence-corrected chi connectivity index (χ2v) is 7.14. The molecule has 140 valence electrons. The fourth-order valence-corrected chi connectivity index (χ4v) is 2.99. The molecule has 3 rings (SSSR count). The summed E-state index contributed by atoms with van der Waals surface area (Å²) >= 11 is 3.38. The first-order valence-electron chi connectivity index (χ1n) is 8.07. The molecule has 0 unspecified atom stereocenters. The van der Waals surface area contributed by atoms with Crippen molar-refractivity contribution in [3.63, 3.8) is 0 Å². The van der Waals surface area contributed by atoms with E-state index in [0.717, 1.165) is 15.4 Å². The number of carbonyl (C=O) groups is 1. The summed E-state index contributed by atoms with van der Waals surface area (Å²) in [5, 5.41) is 7.66. The van der Waals surface area contributed by atoms with Crippen molar-refractivity contribution in [3.8, 4) is 0 Å². The minimum Gasteiger partial charge on any atom is -0.307 e. The predicted octanol–water partition coefficient (Wildman–Crippen LogP) is 3.59. The van der Waals surface area contributed by atoms with Gasteiger partial charge in [0.15, 0.2) is 11.6 Å². The molecule has 1 amide bonds. The van der Waals surface area contributed by atoms with Gasteiger partial charge in [-0.3, -0.25) is 9.59 Å². The maximum atomic E-state index is 13.6. The number of nitrogens with one attached hydrogen (secondary N) is 1. The quantitative estimate of drug-likeness (QED) is 0.677. The van der Waals surface area contributed by atoms with E-state index in [9.17, 15) is 18.4 Å². The van der Waals surface area contributed by atoms with Gasteiger partial charge in [-0.15, -0.1) is 0 Å². The van der Waals surface area contributed by atoms with Crippen molar-refractivity contribution in [2.75, 3.05) is 5.32 Å². The normalized spacial score (nSPS) is 11.2. The third-order valence-corrected chi connectivity index (χ3v) is 4.35. The van der Waals surface area contributed by atoms with Crippen LogP contribution in [-0.2, 0) is 11.3 Å². The van der Waals surface area contributed by atoms with Crippen molar-refractivity contribution in [3.05, 3.63) is 62.6 Å². The van der Waals surface area contributed by atoms with Gasteiger partial charge in [0.25, 0.3) is 5.56 Å². The van der Waals surface area contributed by atoms with Gasteiger partial charge in [-0.05, 0) is 24.1 Å². The van der Waals surface area contributed by atoms with E-state index in [0.29, 0.717) is 22.5 Å². The van der Waals surface area contributed by atoms with Gasteiger partial charge in [-0.2, -0.15) is 5.10 Å². The molecule has 0 aliphatic carbocycles. The zero-order chi connectivity index (χ0) is 19.7. The van der Waals surface area contributed by atoms with Gasteiger partial charge < -0.3 is 5.32 Å². The molecular weight excluding hydrogens is 422 g/mol. The van der Waals surface area contributed by atoms with Gasteiger partial charge in [-0.1, -0.05) is 29.8 Å². The summed E-state index contributed by atoms with van der Waals surface area (Å²) in [4.78, 5) is 28.4. The van der Waals surface area contributed by atoms with Crippen molar-refractivity contribution >= 4 is 38.4 Å². The van der Waals surface area contributed by atoms with Gasteiger partial charge >= 0.3 is 0 Å². The first-order valence-corrected chi connectivity index (χ1v) is 8.86. The minimum absolute atomic E-state index is 0.00733. The van der Waals surface area contributed by atoms with E-state index in [1.54, 1.807) is 18.2 Å². The molecule has 2 aromatic heterocycles. The highest BCUT2D eigenvalue weighted by Crippen LogP contribution is 2.24. The lowest BCUT2D eigenvalue weighted by atomic mass is 10.0. The highest BCUT2D eigenvalue weighted by atomic mass is 79.9. The second-order valence-electron chi connectivity index (χ2n) is 6.22. The molecule has 0 aliphatic heterocycles. The van der Waals surface area contributed by atoms with Gasteiger partial charge in [-0.25, -0.2) is 18.4 Å². The number of halogens is 3. The SMILES string of the molecule is CC(C)c1nn(CC(=O)Nc2ncc(F)cc2F)c(=O)c2ccc(Br)cc12. The van der Waals surface area contributed by atoms with Crippen LogP contribution in [0.4, 0.5) is 14.6 Å². The largest absolute Gasteiger partial charge is 0.307 e. The van der Waals surface area contributed by atoms with Gasteiger partial charge in [0.2, 0.25) is 5.91 Å². The maximum absolute atomic E-state index is 13.6. The fourth-order valence-electron chi connectivity index (χ4n) is 2.63. The number of carbonyl (C=O) groups excluding carboxylic acids is 1. The van der Waals surface area contributed by atoms with Crippen LogP contribution in [0.1, 0.15) is 25.5 Å². The molecule has 1 N–H and O–H groups in total.